The Morgan fingerprint density at radius 2 is 1.65 bits per heavy atom. The second kappa shape index (κ2) is 5.70. The molecule has 2 aromatic carbocycles. The van der Waals surface area contributed by atoms with Crippen molar-refractivity contribution in [3.05, 3.63) is 71.8 Å². The van der Waals surface area contributed by atoms with Crippen molar-refractivity contribution >= 4 is 12.0 Å². The lowest BCUT2D eigenvalue weighted by Crippen LogP contribution is -2.39. The maximum Gasteiger partial charge on any atom is 0.144 e. The number of aldehydes is 1. The van der Waals surface area contributed by atoms with Crippen molar-refractivity contribution in [2.24, 2.45) is 5.10 Å². The Morgan fingerprint density at radius 1 is 1.00 bits per heavy atom. The van der Waals surface area contributed by atoms with Crippen molar-refractivity contribution < 1.29 is 4.79 Å². The van der Waals surface area contributed by atoms with Gasteiger partial charge in [0.1, 0.15) is 12.3 Å². The zero-order chi connectivity index (χ0) is 13.8. The van der Waals surface area contributed by atoms with Gasteiger partial charge in [0, 0.05) is 12.3 Å². The van der Waals surface area contributed by atoms with Gasteiger partial charge in [-0.05, 0) is 11.1 Å². The first kappa shape index (κ1) is 12.6. The molecule has 0 bridgehead atoms. The average molecular weight is 264 g/mol. The molecule has 3 heteroatoms. The maximum atomic E-state index is 11.3. The van der Waals surface area contributed by atoms with Crippen LogP contribution >= 0.6 is 0 Å². The van der Waals surface area contributed by atoms with E-state index in [0.29, 0.717) is 0 Å². The largest absolute Gasteiger partial charge is 0.301 e. The summed E-state index contributed by atoms with van der Waals surface area (Å²) >= 11 is 0. The van der Waals surface area contributed by atoms with E-state index < -0.39 is 0 Å². The summed E-state index contributed by atoms with van der Waals surface area (Å²) in [6.45, 7) is 0. The average Bonchev–Trinajstić information content (AvgIpc) is 2.56. The molecule has 100 valence electrons. The van der Waals surface area contributed by atoms with E-state index in [2.05, 4.69) is 22.7 Å². The molecule has 0 radical (unpaired) electrons. The van der Waals surface area contributed by atoms with Crippen LogP contribution in [0.3, 0.4) is 0 Å². The van der Waals surface area contributed by atoms with Crippen molar-refractivity contribution in [2.75, 3.05) is 0 Å². The van der Waals surface area contributed by atoms with E-state index in [9.17, 15) is 4.79 Å². The van der Waals surface area contributed by atoms with Gasteiger partial charge in [-0.1, -0.05) is 60.7 Å². The summed E-state index contributed by atoms with van der Waals surface area (Å²) in [4.78, 5) is 11.3. The van der Waals surface area contributed by atoms with Gasteiger partial charge < -0.3 is 4.79 Å². The first-order valence-corrected chi connectivity index (χ1v) is 6.76. The monoisotopic (exact) mass is 264 g/mol. The summed E-state index contributed by atoms with van der Waals surface area (Å²) < 4.78 is 0. The van der Waals surface area contributed by atoms with Crippen LogP contribution in [-0.4, -0.2) is 18.0 Å². The number of rotatable bonds is 3. The lowest BCUT2D eigenvalue weighted by molar-refractivity contribution is -0.110. The third-order valence-corrected chi connectivity index (χ3v) is 3.68. The minimum absolute atomic E-state index is 0.126. The first-order chi connectivity index (χ1) is 9.88. The fourth-order valence-electron chi connectivity index (χ4n) is 2.59. The van der Waals surface area contributed by atoms with Gasteiger partial charge in [-0.3, -0.25) is 5.43 Å². The Bertz CT molecular complexity index is 607. The van der Waals surface area contributed by atoms with Gasteiger partial charge in [0.05, 0.1) is 5.71 Å². The molecule has 0 fully saturated rings. The Kier molecular flexibility index (Phi) is 3.59. The fraction of sp³-hybridized carbons (Fsp3) is 0.176. The third-order valence-electron chi connectivity index (χ3n) is 3.68. The molecule has 2 aromatic rings. The first-order valence-electron chi connectivity index (χ1n) is 6.76. The summed E-state index contributed by atoms with van der Waals surface area (Å²) in [6.07, 6.45) is 1.72. The lowest BCUT2D eigenvalue weighted by atomic mass is 9.85. The van der Waals surface area contributed by atoms with Gasteiger partial charge in [0.2, 0.25) is 0 Å². The van der Waals surface area contributed by atoms with E-state index in [-0.39, 0.29) is 12.0 Å². The molecule has 1 aliphatic rings. The molecular weight excluding hydrogens is 248 g/mol. The van der Waals surface area contributed by atoms with Gasteiger partial charge >= 0.3 is 0 Å². The summed E-state index contributed by atoms with van der Waals surface area (Å²) in [6, 6.07) is 20.0. The highest BCUT2D eigenvalue weighted by molar-refractivity contribution is 6.01. The molecule has 20 heavy (non-hydrogen) atoms. The Morgan fingerprint density at radius 3 is 2.30 bits per heavy atom. The minimum Gasteiger partial charge on any atom is -0.301 e. The second-order valence-corrected chi connectivity index (χ2v) is 4.94. The normalized spacial score (nSPS) is 21.7. The number of hydrogen-bond donors (Lipinski definition) is 1. The van der Waals surface area contributed by atoms with Crippen molar-refractivity contribution in [1.29, 1.82) is 0 Å². The second-order valence-electron chi connectivity index (χ2n) is 4.94. The van der Waals surface area contributed by atoms with E-state index in [0.717, 1.165) is 24.0 Å². The molecule has 0 spiro atoms. The molecule has 0 saturated carbocycles. The van der Waals surface area contributed by atoms with Crippen LogP contribution in [0.15, 0.2) is 65.8 Å². The van der Waals surface area contributed by atoms with Crippen LogP contribution in [0.2, 0.25) is 0 Å². The van der Waals surface area contributed by atoms with Crippen LogP contribution in [0.1, 0.15) is 23.5 Å². The van der Waals surface area contributed by atoms with Gasteiger partial charge in [0.25, 0.3) is 0 Å². The number of carbonyl (C=O) groups is 1. The molecule has 0 aromatic heterocycles. The van der Waals surface area contributed by atoms with Crippen LogP contribution < -0.4 is 5.43 Å². The molecule has 0 amide bonds. The molecule has 1 N–H and O–H groups in total. The van der Waals surface area contributed by atoms with E-state index in [4.69, 9.17) is 0 Å². The van der Waals surface area contributed by atoms with Gasteiger partial charge in [-0.25, -0.2) is 0 Å². The Labute approximate surface area is 118 Å². The van der Waals surface area contributed by atoms with Gasteiger partial charge in [0.15, 0.2) is 0 Å². The van der Waals surface area contributed by atoms with Crippen molar-refractivity contribution in [3.8, 4) is 0 Å². The Hall–Kier alpha value is -2.42. The highest BCUT2D eigenvalue weighted by atomic mass is 16.1. The minimum atomic E-state index is -0.259. The highest BCUT2D eigenvalue weighted by Crippen LogP contribution is 2.27. The molecule has 0 aliphatic carbocycles. The molecule has 2 unspecified atom stereocenters. The SMILES string of the molecule is O=CC1NN=C(c2ccccc2)CC1c1ccccc1. The van der Waals surface area contributed by atoms with Crippen molar-refractivity contribution in [1.82, 2.24) is 5.43 Å². The Balaban J connectivity index is 1.91. The molecule has 0 saturated heterocycles. The predicted octanol–water partition coefficient (Wildman–Crippen LogP) is 2.74. The van der Waals surface area contributed by atoms with E-state index in [1.54, 1.807) is 0 Å². The molecule has 3 nitrogen and oxygen atoms in total. The molecule has 1 heterocycles. The molecule has 2 atom stereocenters. The topological polar surface area (TPSA) is 41.5 Å². The smallest absolute Gasteiger partial charge is 0.144 e. The summed E-state index contributed by atoms with van der Waals surface area (Å²) in [7, 11) is 0. The molecule has 1 aliphatic heterocycles. The predicted molar refractivity (Wildman–Crippen MR) is 79.8 cm³/mol. The van der Waals surface area contributed by atoms with Gasteiger partial charge in [-0.15, -0.1) is 0 Å². The zero-order valence-corrected chi connectivity index (χ0v) is 11.1. The van der Waals surface area contributed by atoms with Crippen LogP contribution in [0.25, 0.3) is 0 Å². The van der Waals surface area contributed by atoms with E-state index in [1.165, 1.54) is 5.56 Å². The quantitative estimate of drug-likeness (QED) is 0.866. The summed E-state index contributed by atoms with van der Waals surface area (Å²) in [5, 5.41) is 4.36. The zero-order valence-electron chi connectivity index (χ0n) is 11.1. The number of hydrogen-bond acceptors (Lipinski definition) is 3. The third kappa shape index (κ3) is 2.48. The lowest BCUT2D eigenvalue weighted by Gasteiger charge is -2.28. The van der Waals surface area contributed by atoms with Crippen molar-refractivity contribution in [2.45, 2.75) is 18.4 Å². The number of nitrogens with zero attached hydrogens (tertiary/aromatic N) is 1. The van der Waals surface area contributed by atoms with Crippen LogP contribution in [0.4, 0.5) is 0 Å². The highest BCUT2D eigenvalue weighted by Gasteiger charge is 2.28. The van der Waals surface area contributed by atoms with Crippen LogP contribution in [0, 0.1) is 0 Å². The van der Waals surface area contributed by atoms with Gasteiger partial charge in [-0.2, -0.15) is 5.10 Å². The van der Waals surface area contributed by atoms with Crippen molar-refractivity contribution in [3.63, 3.8) is 0 Å². The van der Waals surface area contributed by atoms with Crippen LogP contribution in [0.5, 0.6) is 0 Å². The summed E-state index contributed by atoms with van der Waals surface area (Å²) in [5.74, 6) is 0.126. The molecular formula is C17H16N2O. The van der Waals surface area contributed by atoms with E-state index >= 15 is 0 Å². The summed E-state index contributed by atoms with van der Waals surface area (Å²) in [5.41, 5.74) is 6.25. The van der Waals surface area contributed by atoms with Crippen LogP contribution in [-0.2, 0) is 4.79 Å². The maximum absolute atomic E-state index is 11.3. The van der Waals surface area contributed by atoms with E-state index in [1.807, 2.05) is 48.5 Å². The number of nitrogens with one attached hydrogen (secondary N) is 1. The fourth-order valence-corrected chi connectivity index (χ4v) is 2.59. The standard InChI is InChI=1S/C17H16N2O/c20-12-17-15(13-7-3-1-4-8-13)11-16(18-19-17)14-9-5-2-6-10-14/h1-10,12,15,17,19H,11H2. The number of carbonyl (C=O) groups excluding carboxylic acids is 1. The molecule has 3 rings (SSSR count). The number of benzene rings is 2. The number of hydrazone groups is 1.